The Labute approximate surface area is 76.3 Å². The first-order valence-corrected chi connectivity index (χ1v) is 4.08. The molecule has 0 saturated heterocycles. The second-order valence-corrected chi connectivity index (χ2v) is 3.02. The van der Waals surface area contributed by atoms with Crippen LogP contribution < -0.4 is 4.74 Å². The van der Waals surface area contributed by atoms with Gasteiger partial charge in [0, 0.05) is 12.7 Å². The summed E-state index contributed by atoms with van der Waals surface area (Å²) in [5, 5.41) is 0. The SMILES string of the molecule is COC1C(=O)Oc2cccc(C)c21. The Hall–Kier alpha value is -1.35. The van der Waals surface area contributed by atoms with Crippen molar-refractivity contribution in [3.8, 4) is 5.75 Å². The van der Waals surface area contributed by atoms with Gasteiger partial charge in [-0.25, -0.2) is 4.79 Å². The summed E-state index contributed by atoms with van der Waals surface area (Å²) in [4.78, 5) is 11.3. The standard InChI is InChI=1S/C10H10O3/c1-6-4-3-5-7-8(6)9(12-2)10(11)13-7/h3-5,9H,1-2H3. The maximum atomic E-state index is 11.3. The highest BCUT2D eigenvalue weighted by atomic mass is 16.6. The Morgan fingerprint density at radius 2 is 2.23 bits per heavy atom. The van der Waals surface area contributed by atoms with E-state index in [1.807, 2.05) is 19.1 Å². The van der Waals surface area contributed by atoms with Gasteiger partial charge in [0.15, 0.2) is 6.10 Å². The van der Waals surface area contributed by atoms with E-state index in [0.29, 0.717) is 5.75 Å². The first-order valence-electron chi connectivity index (χ1n) is 4.08. The Morgan fingerprint density at radius 1 is 1.46 bits per heavy atom. The Morgan fingerprint density at radius 3 is 2.92 bits per heavy atom. The number of hydrogen-bond acceptors (Lipinski definition) is 3. The molecule has 0 saturated carbocycles. The predicted octanol–water partition coefficient (Wildman–Crippen LogP) is 1.60. The van der Waals surface area contributed by atoms with Gasteiger partial charge in [0.25, 0.3) is 0 Å². The van der Waals surface area contributed by atoms with Crippen molar-refractivity contribution in [2.45, 2.75) is 13.0 Å². The van der Waals surface area contributed by atoms with Crippen molar-refractivity contribution < 1.29 is 14.3 Å². The lowest BCUT2D eigenvalue weighted by molar-refractivity contribution is -0.142. The molecule has 0 aliphatic carbocycles. The molecule has 1 heterocycles. The third-order valence-electron chi connectivity index (χ3n) is 2.21. The highest BCUT2D eigenvalue weighted by Gasteiger charge is 2.34. The number of methoxy groups -OCH3 is 1. The van der Waals surface area contributed by atoms with Gasteiger partial charge in [0.1, 0.15) is 5.75 Å². The van der Waals surface area contributed by atoms with E-state index in [-0.39, 0.29) is 5.97 Å². The third kappa shape index (κ3) is 1.12. The minimum Gasteiger partial charge on any atom is -0.424 e. The highest BCUT2D eigenvalue weighted by molar-refractivity contribution is 5.85. The quantitative estimate of drug-likeness (QED) is 0.484. The second kappa shape index (κ2) is 2.85. The van der Waals surface area contributed by atoms with E-state index in [1.165, 1.54) is 7.11 Å². The van der Waals surface area contributed by atoms with Gasteiger partial charge in [-0.1, -0.05) is 12.1 Å². The second-order valence-electron chi connectivity index (χ2n) is 3.02. The van der Waals surface area contributed by atoms with Crippen LogP contribution in [0.1, 0.15) is 17.2 Å². The maximum Gasteiger partial charge on any atom is 0.345 e. The van der Waals surface area contributed by atoms with Crippen LogP contribution in [0, 0.1) is 6.92 Å². The lowest BCUT2D eigenvalue weighted by Gasteiger charge is -2.06. The molecule has 0 radical (unpaired) electrons. The van der Waals surface area contributed by atoms with Gasteiger partial charge in [-0.2, -0.15) is 0 Å². The fourth-order valence-electron chi connectivity index (χ4n) is 1.57. The molecule has 1 unspecified atom stereocenters. The topological polar surface area (TPSA) is 35.5 Å². The minimum atomic E-state index is -0.545. The van der Waals surface area contributed by atoms with Crippen molar-refractivity contribution in [2.75, 3.05) is 7.11 Å². The summed E-state index contributed by atoms with van der Waals surface area (Å²) in [6, 6.07) is 5.57. The fraction of sp³-hybridized carbons (Fsp3) is 0.300. The molecule has 1 atom stereocenters. The van der Waals surface area contributed by atoms with Crippen molar-refractivity contribution in [3.05, 3.63) is 29.3 Å². The highest BCUT2D eigenvalue weighted by Crippen LogP contribution is 2.37. The van der Waals surface area contributed by atoms with Crippen LogP contribution in [-0.4, -0.2) is 13.1 Å². The molecule has 3 nitrogen and oxygen atoms in total. The minimum absolute atomic E-state index is 0.327. The molecule has 0 spiro atoms. The molecular weight excluding hydrogens is 168 g/mol. The van der Waals surface area contributed by atoms with Crippen LogP contribution in [0.25, 0.3) is 0 Å². The smallest absolute Gasteiger partial charge is 0.345 e. The van der Waals surface area contributed by atoms with Crippen LogP contribution in [0.2, 0.25) is 0 Å². The van der Waals surface area contributed by atoms with E-state index >= 15 is 0 Å². The van der Waals surface area contributed by atoms with Gasteiger partial charge in [0.05, 0.1) is 0 Å². The summed E-state index contributed by atoms with van der Waals surface area (Å²) in [6.45, 7) is 1.94. The molecule has 0 fully saturated rings. The number of ether oxygens (including phenoxy) is 2. The Kier molecular flexibility index (Phi) is 1.81. The van der Waals surface area contributed by atoms with Gasteiger partial charge in [0.2, 0.25) is 0 Å². The number of benzene rings is 1. The van der Waals surface area contributed by atoms with Gasteiger partial charge in [-0.15, -0.1) is 0 Å². The number of aryl methyl sites for hydroxylation is 1. The molecular formula is C10H10O3. The van der Waals surface area contributed by atoms with E-state index < -0.39 is 6.10 Å². The molecule has 3 heteroatoms. The maximum absolute atomic E-state index is 11.3. The van der Waals surface area contributed by atoms with Crippen molar-refractivity contribution in [3.63, 3.8) is 0 Å². The Bertz CT molecular complexity index is 357. The van der Waals surface area contributed by atoms with Gasteiger partial charge >= 0.3 is 5.97 Å². The first-order chi connectivity index (χ1) is 6.24. The largest absolute Gasteiger partial charge is 0.424 e. The average Bonchev–Trinajstić information content (AvgIpc) is 2.42. The van der Waals surface area contributed by atoms with Gasteiger partial charge < -0.3 is 9.47 Å². The zero-order valence-corrected chi connectivity index (χ0v) is 7.53. The third-order valence-corrected chi connectivity index (χ3v) is 2.21. The molecule has 2 rings (SSSR count). The molecule has 1 aromatic rings. The fourth-order valence-corrected chi connectivity index (χ4v) is 1.57. The van der Waals surface area contributed by atoms with Crippen LogP contribution in [0.4, 0.5) is 0 Å². The van der Waals surface area contributed by atoms with Crippen LogP contribution in [0.3, 0.4) is 0 Å². The van der Waals surface area contributed by atoms with Gasteiger partial charge in [-0.05, 0) is 18.6 Å². The predicted molar refractivity (Wildman–Crippen MR) is 46.6 cm³/mol. The molecule has 0 amide bonds. The molecule has 0 aromatic heterocycles. The molecule has 0 bridgehead atoms. The van der Waals surface area contributed by atoms with E-state index in [9.17, 15) is 4.79 Å². The van der Waals surface area contributed by atoms with Crippen molar-refractivity contribution in [1.82, 2.24) is 0 Å². The molecule has 1 aliphatic rings. The van der Waals surface area contributed by atoms with E-state index in [0.717, 1.165) is 11.1 Å². The monoisotopic (exact) mass is 178 g/mol. The van der Waals surface area contributed by atoms with E-state index in [4.69, 9.17) is 9.47 Å². The summed E-state index contributed by atoms with van der Waals surface area (Å²) in [5.41, 5.74) is 1.88. The average molecular weight is 178 g/mol. The molecule has 68 valence electrons. The van der Waals surface area contributed by atoms with Crippen molar-refractivity contribution in [1.29, 1.82) is 0 Å². The Balaban J connectivity index is 2.55. The van der Waals surface area contributed by atoms with E-state index in [1.54, 1.807) is 6.07 Å². The van der Waals surface area contributed by atoms with E-state index in [2.05, 4.69) is 0 Å². The summed E-state index contributed by atoms with van der Waals surface area (Å²) < 4.78 is 10.1. The molecule has 0 N–H and O–H groups in total. The lowest BCUT2D eigenvalue weighted by atomic mass is 10.0. The number of esters is 1. The molecule has 1 aliphatic heterocycles. The van der Waals surface area contributed by atoms with Crippen molar-refractivity contribution >= 4 is 5.97 Å². The first kappa shape index (κ1) is 8.26. The number of rotatable bonds is 1. The molecule has 13 heavy (non-hydrogen) atoms. The zero-order valence-electron chi connectivity index (χ0n) is 7.53. The molecule has 1 aromatic carbocycles. The van der Waals surface area contributed by atoms with Gasteiger partial charge in [-0.3, -0.25) is 0 Å². The number of hydrogen-bond donors (Lipinski definition) is 0. The van der Waals surface area contributed by atoms with Crippen LogP contribution in [-0.2, 0) is 9.53 Å². The van der Waals surface area contributed by atoms with Crippen LogP contribution >= 0.6 is 0 Å². The normalized spacial score (nSPS) is 19.8. The van der Waals surface area contributed by atoms with Crippen molar-refractivity contribution in [2.24, 2.45) is 0 Å². The summed E-state index contributed by atoms with van der Waals surface area (Å²) in [6.07, 6.45) is -0.545. The van der Waals surface area contributed by atoms with Crippen LogP contribution in [0.5, 0.6) is 5.75 Å². The van der Waals surface area contributed by atoms with Crippen LogP contribution in [0.15, 0.2) is 18.2 Å². The number of carbonyl (C=O) groups is 1. The zero-order chi connectivity index (χ0) is 9.42. The number of carbonyl (C=O) groups excluding carboxylic acids is 1. The number of fused-ring (bicyclic) bond motifs is 1. The summed E-state index contributed by atoms with van der Waals surface area (Å²) >= 11 is 0. The summed E-state index contributed by atoms with van der Waals surface area (Å²) in [7, 11) is 1.51. The lowest BCUT2D eigenvalue weighted by Crippen LogP contribution is -2.11. The summed E-state index contributed by atoms with van der Waals surface area (Å²) in [5.74, 6) is 0.295.